The van der Waals surface area contributed by atoms with E-state index in [-0.39, 0.29) is 5.75 Å². The van der Waals surface area contributed by atoms with Crippen molar-refractivity contribution in [3.8, 4) is 28.7 Å². The monoisotopic (exact) mass is 388 g/mol. The fraction of sp³-hybridized carbons (Fsp3) is 0.381. The van der Waals surface area contributed by atoms with Crippen molar-refractivity contribution in [2.24, 2.45) is 5.92 Å². The van der Waals surface area contributed by atoms with E-state index in [1.165, 1.54) is 25.3 Å². The molecule has 7 heteroatoms. The highest BCUT2D eigenvalue weighted by Crippen LogP contribution is 2.38. The molecule has 0 fully saturated rings. The zero-order valence-corrected chi connectivity index (χ0v) is 16.0. The predicted octanol–water partition coefficient (Wildman–Crippen LogP) is 3.10. The van der Waals surface area contributed by atoms with Gasteiger partial charge in [0.15, 0.2) is 23.0 Å². The van der Waals surface area contributed by atoms with E-state index in [1.54, 1.807) is 18.2 Å². The molecular formula is C21H24O7. The highest BCUT2D eigenvalue weighted by molar-refractivity contribution is 5.50. The lowest BCUT2D eigenvalue weighted by atomic mass is 9.84. The number of para-hydroxylation sites is 1. The van der Waals surface area contributed by atoms with E-state index < -0.39 is 0 Å². The zero-order chi connectivity index (χ0) is 19.9. The van der Waals surface area contributed by atoms with Crippen molar-refractivity contribution in [2.75, 3.05) is 27.6 Å². The molecule has 0 aromatic heterocycles. The number of benzene rings is 2. The van der Waals surface area contributed by atoms with Crippen LogP contribution in [0.2, 0.25) is 0 Å². The fourth-order valence-corrected chi connectivity index (χ4v) is 3.37. The van der Waals surface area contributed by atoms with E-state index >= 15 is 0 Å². The maximum atomic E-state index is 10.2. The van der Waals surface area contributed by atoms with Crippen LogP contribution in [0.25, 0.3) is 0 Å². The quantitative estimate of drug-likeness (QED) is 0.788. The molecule has 0 saturated carbocycles. The van der Waals surface area contributed by atoms with Gasteiger partial charge in [0.2, 0.25) is 12.5 Å². The van der Waals surface area contributed by atoms with Crippen LogP contribution in [0.15, 0.2) is 30.3 Å². The Balaban J connectivity index is 0.000000178. The first kappa shape index (κ1) is 19.7. The van der Waals surface area contributed by atoms with Gasteiger partial charge in [-0.25, -0.2) is 0 Å². The molecular weight excluding hydrogens is 364 g/mol. The summed E-state index contributed by atoms with van der Waals surface area (Å²) in [6.07, 6.45) is 3.01. The SMILES string of the molecule is COc1cccc(OC)c1O.O=COC[C@H]1CCc2cc3c(cc2C1)OCO3. The van der Waals surface area contributed by atoms with Crippen LogP contribution in [-0.2, 0) is 22.4 Å². The molecule has 28 heavy (non-hydrogen) atoms. The number of aromatic hydroxyl groups is 1. The number of methoxy groups -OCH3 is 2. The number of fused-ring (bicyclic) bond motifs is 2. The van der Waals surface area contributed by atoms with Crippen LogP contribution in [0.5, 0.6) is 28.7 Å². The molecule has 1 atom stereocenters. The van der Waals surface area contributed by atoms with Gasteiger partial charge in [0.1, 0.15) is 0 Å². The molecule has 0 spiro atoms. The topological polar surface area (TPSA) is 83.5 Å². The summed E-state index contributed by atoms with van der Waals surface area (Å²) in [6.45, 7) is 1.35. The van der Waals surface area contributed by atoms with Gasteiger partial charge < -0.3 is 28.8 Å². The standard InChI is InChI=1S/C13H14O4.C8H10O3/c14-7-15-6-9-1-2-10-4-12-13(17-8-16-12)5-11(10)3-9;1-10-6-4-3-5-7(11-2)8(6)9/h4-5,7,9H,1-3,6,8H2;3-5,9H,1-2H3/t9-;/m0./s1. The molecule has 2 aromatic carbocycles. The summed E-state index contributed by atoms with van der Waals surface area (Å²) in [4.78, 5) is 10.2. The Labute approximate surface area is 163 Å². The Morgan fingerprint density at radius 1 is 1.11 bits per heavy atom. The molecule has 1 aliphatic heterocycles. The Hall–Kier alpha value is -3.09. The van der Waals surface area contributed by atoms with Crippen LogP contribution in [0.1, 0.15) is 17.5 Å². The smallest absolute Gasteiger partial charge is 0.293 e. The Bertz CT molecular complexity index is 796. The highest BCUT2D eigenvalue weighted by Gasteiger charge is 2.23. The van der Waals surface area contributed by atoms with Gasteiger partial charge in [0, 0.05) is 0 Å². The zero-order valence-electron chi connectivity index (χ0n) is 16.0. The van der Waals surface area contributed by atoms with E-state index in [0.29, 0.717) is 37.3 Å². The molecule has 0 radical (unpaired) electrons. The number of ether oxygens (including phenoxy) is 5. The normalized spacial score (nSPS) is 16.3. The van der Waals surface area contributed by atoms with Gasteiger partial charge in [-0.2, -0.15) is 0 Å². The van der Waals surface area contributed by atoms with Crippen LogP contribution in [-0.4, -0.2) is 39.2 Å². The van der Waals surface area contributed by atoms with E-state index in [1.807, 2.05) is 0 Å². The van der Waals surface area contributed by atoms with Crippen LogP contribution in [0.4, 0.5) is 0 Å². The van der Waals surface area contributed by atoms with Gasteiger partial charge >= 0.3 is 0 Å². The lowest BCUT2D eigenvalue weighted by Gasteiger charge is -2.23. The molecule has 4 rings (SSSR count). The summed E-state index contributed by atoms with van der Waals surface area (Å²) in [7, 11) is 2.99. The number of rotatable bonds is 5. The molecule has 1 N–H and O–H groups in total. The largest absolute Gasteiger partial charge is 0.502 e. The maximum Gasteiger partial charge on any atom is 0.293 e. The number of carbonyl (C=O) groups is 1. The van der Waals surface area contributed by atoms with E-state index in [9.17, 15) is 9.90 Å². The lowest BCUT2D eigenvalue weighted by Crippen LogP contribution is -2.18. The summed E-state index contributed by atoms with van der Waals surface area (Å²) in [5, 5.41) is 9.34. The second-order valence-corrected chi connectivity index (χ2v) is 6.52. The molecule has 1 heterocycles. The van der Waals surface area contributed by atoms with Crippen molar-refractivity contribution < 1.29 is 33.6 Å². The van der Waals surface area contributed by atoms with Crippen molar-refractivity contribution in [3.63, 3.8) is 0 Å². The van der Waals surface area contributed by atoms with Gasteiger partial charge in [-0.15, -0.1) is 0 Å². The fourth-order valence-electron chi connectivity index (χ4n) is 3.37. The second-order valence-electron chi connectivity index (χ2n) is 6.52. The number of aryl methyl sites for hydroxylation is 1. The Morgan fingerprint density at radius 3 is 2.36 bits per heavy atom. The van der Waals surface area contributed by atoms with E-state index in [4.69, 9.17) is 23.7 Å². The van der Waals surface area contributed by atoms with Gasteiger partial charge in [-0.3, -0.25) is 4.79 Å². The third kappa shape index (κ3) is 4.42. The van der Waals surface area contributed by atoms with Gasteiger partial charge in [0.25, 0.3) is 6.47 Å². The van der Waals surface area contributed by atoms with E-state index in [2.05, 4.69) is 12.1 Å². The van der Waals surface area contributed by atoms with Crippen LogP contribution in [0.3, 0.4) is 0 Å². The maximum absolute atomic E-state index is 10.2. The number of phenols is 1. The van der Waals surface area contributed by atoms with Crippen molar-refractivity contribution in [1.82, 2.24) is 0 Å². The number of hydrogen-bond donors (Lipinski definition) is 1. The first-order chi connectivity index (χ1) is 13.7. The average molecular weight is 388 g/mol. The molecule has 0 saturated heterocycles. The van der Waals surface area contributed by atoms with Gasteiger partial charge in [-0.05, 0) is 60.6 Å². The molecule has 150 valence electrons. The minimum absolute atomic E-state index is 0.0394. The van der Waals surface area contributed by atoms with Crippen molar-refractivity contribution in [2.45, 2.75) is 19.3 Å². The summed E-state index contributed by atoms with van der Waals surface area (Å²) in [5.74, 6) is 2.99. The number of hydrogen-bond acceptors (Lipinski definition) is 7. The molecule has 7 nitrogen and oxygen atoms in total. The third-order valence-electron chi connectivity index (χ3n) is 4.83. The molecule has 0 unspecified atom stereocenters. The molecule has 0 bridgehead atoms. The summed E-state index contributed by atoms with van der Waals surface area (Å²) >= 11 is 0. The van der Waals surface area contributed by atoms with Crippen LogP contribution >= 0.6 is 0 Å². The van der Waals surface area contributed by atoms with E-state index in [0.717, 1.165) is 30.8 Å². The first-order valence-corrected chi connectivity index (χ1v) is 9.02. The molecule has 0 amide bonds. The Kier molecular flexibility index (Phi) is 6.47. The number of phenolic OH excluding ortho intramolecular Hbond substituents is 1. The first-order valence-electron chi connectivity index (χ1n) is 9.02. The predicted molar refractivity (Wildman–Crippen MR) is 101 cm³/mol. The van der Waals surface area contributed by atoms with Gasteiger partial charge in [-0.1, -0.05) is 6.07 Å². The van der Waals surface area contributed by atoms with Crippen LogP contribution < -0.4 is 18.9 Å². The minimum Gasteiger partial charge on any atom is -0.502 e. The Morgan fingerprint density at radius 2 is 1.75 bits per heavy atom. The lowest BCUT2D eigenvalue weighted by molar-refractivity contribution is -0.130. The molecule has 2 aliphatic rings. The second kappa shape index (κ2) is 9.21. The van der Waals surface area contributed by atoms with Crippen molar-refractivity contribution in [1.29, 1.82) is 0 Å². The highest BCUT2D eigenvalue weighted by atomic mass is 16.7. The van der Waals surface area contributed by atoms with Gasteiger partial charge in [0.05, 0.1) is 20.8 Å². The molecule has 1 aliphatic carbocycles. The van der Waals surface area contributed by atoms with Crippen molar-refractivity contribution >= 4 is 6.47 Å². The summed E-state index contributed by atoms with van der Waals surface area (Å²) in [5.41, 5.74) is 2.62. The van der Waals surface area contributed by atoms with Crippen molar-refractivity contribution in [3.05, 3.63) is 41.5 Å². The molecule has 2 aromatic rings. The van der Waals surface area contributed by atoms with Crippen LogP contribution in [0, 0.1) is 5.92 Å². The summed E-state index contributed by atoms with van der Waals surface area (Å²) < 4.78 is 25.3. The third-order valence-corrected chi connectivity index (χ3v) is 4.83. The number of carbonyl (C=O) groups excluding carboxylic acids is 1. The minimum atomic E-state index is 0.0394. The average Bonchev–Trinajstić information content (AvgIpc) is 3.18. The summed E-state index contributed by atoms with van der Waals surface area (Å²) in [6, 6.07) is 9.21.